The predicted octanol–water partition coefficient (Wildman–Crippen LogP) is 3.97. The van der Waals surface area contributed by atoms with Gasteiger partial charge in [0.25, 0.3) is 0 Å². The lowest BCUT2D eigenvalue weighted by atomic mass is 10.2. The maximum atomic E-state index is 5.95. The highest BCUT2D eigenvalue weighted by Gasteiger charge is 2.18. The number of thioether (sulfide) groups is 2. The van der Waals surface area contributed by atoms with Gasteiger partial charge in [0.05, 0.1) is 11.0 Å². The summed E-state index contributed by atoms with van der Waals surface area (Å²) in [5.41, 5.74) is 3.63. The van der Waals surface area contributed by atoms with E-state index in [1.165, 1.54) is 28.3 Å². The quantitative estimate of drug-likeness (QED) is 0.792. The van der Waals surface area contributed by atoms with Gasteiger partial charge >= 0.3 is 0 Å². The van der Waals surface area contributed by atoms with E-state index in [9.17, 15) is 0 Å². The zero-order valence-electron chi connectivity index (χ0n) is 11.6. The van der Waals surface area contributed by atoms with E-state index in [-0.39, 0.29) is 0 Å². The van der Waals surface area contributed by atoms with Crippen LogP contribution in [-0.4, -0.2) is 37.9 Å². The molecule has 1 unspecified atom stereocenters. The van der Waals surface area contributed by atoms with Gasteiger partial charge in [-0.05, 0) is 24.6 Å². The molecule has 3 rings (SSSR count). The summed E-state index contributed by atoms with van der Waals surface area (Å²) in [6.07, 6.45) is 0.847. The first-order valence-corrected chi connectivity index (χ1v) is 9.73. The Bertz CT molecular complexity index is 591. The molecule has 0 bridgehead atoms. The molecule has 2 nitrogen and oxygen atoms in total. The number of nitrogens with zero attached hydrogens (tertiary/aromatic N) is 2. The Kier molecular flexibility index (Phi) is 4.84. The molecule has 1 aromatic carbocycles. The second-order valence-electron chi connectivity index (χ2n) is 5.14. The third-order valence-electron chi connectivity index (χ3n) is 3.57. The number of benzene rings is 1. The van der Waals surface area contributed by atoms with Crippen LogP contribution in [0, 0.1) is 6.92 Å². The molecule has 0 aliphatic carbocycles. The molecule has 1 aliphatic heterocycles. The SMILES string of the molecule is Cc1ccc2c(c1)nc(CCCl)n2CC1CSCCS1. The molecule has 0 spiro atoms. The largest absolute Gasteiger partial charge is 0.327 e. The first-order valence-electron chi connectivity index (χ1n) is 6.99. The van der Waals surface area contributed by atoms with Crippen LogP contribution in [0.4, 0.5) is 0 Å². The molecular formula is C15H19ClN2S2. The molecule has 2 aromatic rings. The highest BCUT2D eigenvalue weighted by atomic mass is 35.5. The summed E-state index contributed by atoms with van der Waals surface area (Å²) in [5, 5.41) is 0.696. The zero-order chi connectivity index (χ0) is 13.9. The Balaban J connectivity index is 1.95. The molecule has 5 heteroatoms. The van der Waals surface area contributed by atoms with Gasteiger partial charge in [0, 0.05) is 41.4 Å². The second kappa shape index (κ2) is 6.63. The number of imidazole rings is 1. The van der Waals surface area contributed by atoms with Crippen molar-refractivity contribution in [3.8, 4) is 0 Å². The molecule has 1 saturated heterocycles. The van der Waals surface area contributed by atoms with Crippen molar-refractivity contribution >= 4 is 46.2 Å². The van der Waals surface area contributed by atoms with E-state index in [2.05, 4.69) is 53.2 Å². The maximum absolute atomic E-state index is 5.95. The second-order valence-corrected chi connectivity index (χ2v) is 8.07. The van der Waals surface area contributed by atoms with Gasteiger partial charge < -0.3 is 4.57 Å². The number of halogens is 1. The summed E-state index contributed by atoms with van der Waals surface area (Å²) in [6.45, 7) is 3.18. The lowest BCUT2D eigenvalue weighted by Crippen LogP contribution is -2.21. The molecule has 1 atom stereocenters. The summed E-state index contributed by atoms with van der Waals surface area (Å²) in [6, 6.07) is 6.55. The molecule has 1 aliphatic rings. The van der Waals surface area contributed by atoms with Gasteiger partial charge in [0.15, 0.2) is 0 Å². The Morgan fingerprint density at radius 2 is 2.30 bits per heavy atom. The van der Waals surface area contributed by atoms with E-state index in [4.69, 9.17) is 16.6 Å². The summed E-state index contributed by atoms with van der Waals surface area (Å²) >= 11 is 10.1. The van der Waals surface area contributed by atoms with Crippen LogP contribution in [0.5, 0.6) is 0 Å². The van der Waals surface area contributed by atoms with E-state index in [1.54, 1.807) is 0 Å². The van der Waals surface area contributed by atoms with Crippen LogP contribution in [-0.2, 0) is 13.0 Å². The minimum atomic E-state index is 0.634. The van der Waals surface area contributed by atoms with Crippen molar-refractivity contribution in [3.05, 3.63) is 29.6 Å². The van der Waals surface area contributed by atoms with Gasteiger partial charge in [-0.1, -0.05) is 6.07 Å². The van der Waals surface area contributed by atoms with Crippen molar-refractivity contribution < 1.29 is 0 Å². The lowest BCUT2D eigenvalue weighted by Gasteiger charge is -2.22. The topological polar surface area (TPSA) is 17.8 Å². The van der Waals surface area contributed by atoms with Gasteiger partial charge in [-0.3, -0.25) is 0 Å². The van der Waals surface area contributed by atoms with Crippen molar-refractivity contribution in [3.63, 3.8) is 0 Å². The normalized spacial score (nSPS) is 19.6. The molecule has 1 aromatic heterocycles. The predicted molar refractivity (Wildman–Crippen MR) is 92.5 cm³/mol. The number of aromatic nitrogens is 2. The number of aryl methyl sites for hydroxylation is 2. The van der Waals surface area contributed by atoms with E-state index in [1.807, 2.05) is 0 Å². The van der Waals surface area contributed by atoms with Crippen molar-refractivity contribution in [2.75, 3.05) is 23.1 Å². The van der Waals surface area contributed by atoms with E-state index in [0.717, 1.165) is 24.3 Å². The van der Waals surface area contributed by atoms with Crippen LogP contribution >= 0.6 is 35.1 Å². The highest BCUT2D eigenvalue weighted by molar-refractivity contribution is 8.06. The fourth-order valence-corrected chi connectivity index (χ4v) is 5.44. The molecule has 0 amide bonds. The maximum Gasteiger partial charge on any atom is 0.111 e. The van der Waals surface area contributed by atoms with Crippen LogP contribution in [0.1, 0.15) is 11.4 Å². The van der Waals surface area contributed by atoms with Crippen LogP contribution in [0.2, 0.25) is 0 Å². The van der Waals surface area contributed by atoms with Crippen molar-refractivity contribution in [1.29, 1.82) is 0 Å². The third kappa shape index (κ3) is 3.12. The standard InChI is InChI=1S/C15H19ClN2S2/c1-11-2-3-14-13(8-11)17-15(4-5-16)18(14)9-12-10-19-6-7-20-12/h2-3,8,12H,4-7,9-10H2,1H3. The van der Waals surface area contributed by atoms with Crippen molar-refractivity contribution in [2.24, 2.45) is 0 Å². The third-order valence-corrected chi connectivity index (χ3v) is 6.59. The van der Waals surface area contributed by atoms with Crippen molar-refractivity contribution in [2.45, 2.75) is 25.1 Å². The number of hydrogen-bond donors (Lipinski definition) is 0. The molecule has 0 N–H and O–H groups in total. The van der Waals surface area contributed by atoms with Crippen LogP contribution in [0.15, 0.2) is 18.2 Å². The minimum absolute atomic E-state index is 0.634. The Morgan fingerprint density at radius 3 is 3.05 bits per heavy atom. The van der Waals surface area contributed by atoms with Gasteiger partial charge in [-0.2, -0.15) is 23.5 Å². The monoisotopic (exact) mass is 326 g/mol. The first-order chi connectivity index (χ1) is 9.78. The summed E-state index contributed by atoms with van der Waals surface area (Å²) in [7, 11) is 0. The lowest BCUT2D eigenvalue weighted by molar-refractivity contribution is 0.674. The summed E-state index contributed by atoms with van der Waals surface area (Å²) in [4.78, 5) is 4.79. The van der Waals surface area contributed by atoms with Gasteiger partial charge in [0.1, 0.15) is 5.82 Å². The van der Waals surface area contributed by atoms with Gasteiger partial charge in [-0.25, -0.2) is 4.98 Å². The molecule has 1 fully saturated rings. The fourth-order valence-electron chi connectivity index (χ4n) is 2.61. The van der Waals surface area contributed by atoms with Gasteiger partial charge in [-0.15, -0.1) is 11.6 Å². The molecule has 2 heterocycles. The highest BCUT2D eigenvalue weighted by Crippen LogP contribution is 2.27. The average Bonchev–Trinajstić information content (AvgIpc) is 2.77. The molecule has 0 saturated carbocycles. The average molecular weight is 327 g/mol. The summed E-state index contributed by atoms with van der Waals surface area (Å²) < 4.78 is 2.39. The number of rotatable bonds is 4. The van der Waals surface area contributed by atoms with Crippen molar-refractivity contribution in [1.82, 2.24) is 9.55 Å². The Hall–Kier alpha value is -0.320. The first kappa shape index (κ1) is 14.6. The number of alkyl halides is 1. The Morgan fingerprint density at radius 1 is 1.40 bits per heavy atom. The van der Waals surface area contributed by atoms with Crippen LogP contribution in [0.3, 0.4) is 0 Å². The van der Waals surface area contributed by atoms with Crippen LogP contribution < -0.4 is 0 Å². The van der Waals surface area contributed by atoms with Gasteiger partial charge in [0.2, 0.25) is 0 Å². The minimum Gasteiger partial charge on any atom is -0.327 e. The smallest absolute Gasteiger partial charge is 0.111 e. The molecule has 20 heavy (non-hydrogen) atoms. The molecule has 0 radical (unpaired) electrons. The Labute approximate surface area is 133 Å². The van der Waals surface area contributed by atoms with E-state index < -0.39 is 0 Å². The molecule has 108 valence electrons. The summed E-state index contributed by atoms with van der Waals surface area (Å²) in [5.74, 6) is 5.58. The number of fused-ring (bicyclic) bond motifs is 1. The fraction of sp³-hybridized carbons (Fsp3) is 0.533. The molecular weight excluding hydrogens is 308 g/mol. The zero-order valence-corrected chi connectivity index (χ0v) is 14.0. The number of hydrogen-bond acceptors (Lipinski definition) is 3. The van der Waals surface area contributed by atoms with E-state index >= 15 is 0 Å². The van der Waals surface area contributed by atoms with Crippen LogP contribution in [0.25, 0.3) is 11.0 Å². The van der Waals surface area contributed by atoms with E-state index in [0.29, 0.717) is 11.1 Å².